The van der Waals surface area contributed by atoms with Crippen molar-refractivity contribution in [1.82, 2.24) is 0 Å². The van der Waals surface area contributed by atoms with Gasteiger partial charge in [0.2, 0.25) is 5.88 Å². The molecule has 1 aliphatic heterocycles. The zero-order chi connectivity index (χ0) is 20.1. The molecule has 1 atom stereocenters. The molecule has 7 nitrogen and oxygen atoms in total. The molecule has 0 spiro atoms. The Kier molecular flexibility index (Phi) is 6.14. The van der Waals surface area contributed by atoms with E-state index in [1.807, 2.05) is 6.07 Å². The van der Waals surface area contributed by atoms with Crippen LogP contribution in [-0.2, 0) is 20.7 Å². The lowest BCUT2D eigenvalue weighted by Crippen LogP contribution is -2.25. The first-order valence-electron chi connectivity index (χ1n) is 8.35. The number of ether oxygens (including phenoxy) is 3. The number of carbonyl (C=O) groups excluding carboxylic acids is 1. The molecular weight excluding hydrogens is 348 g/mol. The van der Waals surface area contributed by atoms with Crippen molar-refractivity contribution in [2.45, 2.75) is 26.2 Å². The Morgan fingerprint density at radius 3 is 2.78 bits per heavy atom. The lowest BCUT2D eigenvalue weighted by Gasteiger charge is -2.27. The number of esters is 1. The molecule has 3 N–H and O–H groups in total. The zero-order valence-corrected chi connectivity index (χ0v) is 15.5. The number of hydrogen-bond donors (Lipinski definition) is 2. The summed E-state index contributed by atoms with van der Waals surface area (Å²) in [7, 11) is 1.42. The van der Waals surface area contributed by atoms with Gasteiger partial charge in [0.15, 0.2) is 11.5 Å². The number of carbonyl (C=O) groups is 1. The van der Waals surface area contributed by atoms with Crippen molar-refractivity contribution >= 4 is 5.97 Å². The maximum atomic E-state index is 12.6. The minimum atomic E-state index is -0.805. The first-order valence-corrected chi connectivity index (χ1v) is 8.35. The number of nitrogens with two attached hydrogens (primary N) is 1. The van der Waals surface area contributed by atoms with E-state index in [4.69, 9.17) is 19.9 Å². The average molecular weight is 370 g/mol. The van der Waals surface area contributed by atoms with Gasteiger partial charge in [0.05, 0.1) is 25.2 Å². The SMILES string of the molecule is C=CCc1cc(C2C(C#N)=C(N)OC(C)=C2C(=O)OCC)cc(OC)c1O. The van der Waals surface area contributed by atoms with Gasteiger partial charge in [-0.1, -0.05) is 12.1 Å². The Bertz CT molecular complexity index is 877. The molecule has 1 unspecified atom stereocenters. The van der Waals surface area contributed by atoms with Gasteiger partial charge < -0.3 is 25.1 Å². The summed E-state index contributed by atoms with van der Waals surface area (Å²) in [4.78, 5) is 12.6. The van der Waals surface area contributed by atoms with Crippen LogP contribution in [0.15, 0.2) is 47.6 Å². The van der Waals surface area contributed by atoms with Gasteiger partial charge in [-0.15, -0.1) is 6.58 Å². The molecule has 0 amide bonds. The number of rotatable bonds is 6. The summed E-state index contributed by atoms with van der Waals surface area (Å²) in [5.41, 5.74) is 7.25. The van der Waals surface area contributed by atoms with E-state index in [9.17, 15) is 15.2 Å². The molecule has 0 radical (unpaired) electrons. The minimum Gasteiger partial charge on any atom is -0.504 e. The van der Waals surface area contributed by atoms with Gasteiger partial charge in [-0.25, -0.2) is 4.79 Å². The van der Waals surface area contributed by atoms with E-state index in [1.54, 1.807) is 32.1 Å². The van der Waals surface area contributed by atoms with Crippen LogP contribution in [-0.4, -0.2) is 24.8 Å². The Morgan fingerprint density at radius 1 is 1.52 bits per heavy atom. The minimum absolute atomic E-state index is 0.0259. The fourth-order valence-electron chi connectivity index (χ4n) is 3.01. The van der Waals surface area contributed by atoms with Crippen molar-refractivity contribution < 1.29 is 24.1 Å². The second kappa shape index (κ2) is 8.32. The first kappa shape index (κ1) is 19.9. The molecule has 1 aliphatic rings. The molecule has 27 heavy (non-hydrogen) atoms. The lowest BCUT2D eigenvalue weighted by molar-refractivity contribution is -0.139. The van der Waals surface area contributed by atoms with Crippen LogP contribution in [0.5, 0.6) is 11.5 Å². The van der Waals surface area contributed by atoms with Gasteiger partial charge >= 0.3 is 5.97 Å². The predicted molar refractivity (Wildman–Crippen MR) is 98.5 cm³/mol. The maximum absolute atomic E-state index is 12.6. The third-order valence-electron chi connectivity index (χ3n) is 4.19. The quantitative estimate of drug-likeness (QED) is 0.584. The number of phenolic OH excluding ortho intramolecular Hbond substituents is 1. The summed E-state index contributed by atoms with van der Waals surface area (Å²) < 4.78 is 15.8. The van der Waals surface area contributed by atoms with Crippen LogP contribution in [0.2, 0.25) is 0 Å². The number of methoxy groups -OCH3 is 1. The van der Waals surface area contributed by atoms with E-state index in [-0.39, 0.29) is 40.9 Å². The number of benzene rings is 1. The van der Waals surface area contributed by atoms with Crippen LogP contribution in [0.3, 0.4) is 0 Å². The van der Waals surface area contributed by atoms with E-state index >= 15 is 0 Å². The smallest absolute Gasteiger partial charge is 0.338 e. The van der Waals surface area contributed by atoms with Crippen molar-refractivity contribution in [2.24, 2.45) is 5.73 Å². The number of phenols is 1. The molecule has 1 heterocycles. The van der Waals surface area contributed by atoms with Gasteiger partial charge in [-0.2, -0.15) is 5.26 Å². The van der Waals surface area contributed by atoms with Crippen LogP contribution in [0.4, 0.5) is 0 Å². The molecule has 7 heteroatoms. The van der Waals surface area contributed by atoms with E-state index < -0.39 is 11.9 Å². The highest BCUT2D eigenvalue weighted by Crippen LogP contribution is 2.43. The Hall–Kier alpha value is -3.40. The normalized spacial score (nSPS) is 16.4. The highest BCUT2D eigenvalue weighted by atomic mass is 16.5. The summed E-state index contributed by atoms with van der Waals surface area (Å²) in [6.07, 6.45) is 2.00. The molecule has 0 aromatic heterocycles. The fourth-order valence-corrected chi connectivity index (χ4v) is 3.01. The van der Waals surface area contributed by atoms with E-state index in [0.717, 1.165) is 0 Å². The van der Waals surface area contributed by atoms with Crippen molar-refractivity contribution in [3.8, 4) is 17.6 Å². The van der Waals surface area contributed by atoms with Gasteiger partial charge in [-0.3, -0.25) is 0 Å². The van der Waals surface area contributed by atoms with Crippen LogP contribution >= 0.6 is 0 Å². The number of aromatic hydroxyl groups is 1. The van der Waals surface area contributed by atoms with Crippen molar-refractivity contribution in [3.63, 3.8) is 0 Å². The Labute approximate surface area is 157 Å². The average Bonchev–Trinajstić information content (AvgIpc) is 2.63. The maximum Gasteiger partial charge on any atom is 0.338 e. The summed E-state index contributed by atoms with van der Waals surface area (Å²) in [6.45, 7) is 7.13. The first-order chi connectivity index (χ1) is 12.9. The number of nitrogens with zero attached hydrogens (tertiary/aromatic N) is 1. The van der Waals surface area contributed by atoms with E-state index in [1.165, 1.54) is 7.11 Å². The molecular formula is C20H22N2O5. The molecule has 1 aromatic carbocycles. The van der Waals surface area contributed by atoms with Gasteiger partial charge in [0.25, 0.3) is 0 Å². The summed E-state index contributed by atoms with van der Waals surface area (Å²) in [5.74, 6) is -1.04. The molecule has 0 fully saturated rings. The van der Waals surface area contributed by atoms with Crippen LogP contribution < -0.4 is 10.5 Å². The molecule has 2 rings (SSSR count). The molecule has 0 saturated carbocycles. The highest BCUT2D eigenvalue weighted by Gasteiger charge is 2.37. The fraction of sp³-hybridized carbons (Fsp3) is 0.300. The van der Waals surface area contributed by atoms with Crippen LogP contribution in [0.25, 0.3) is 0 Å². The molecule has 142 valence electrons. The third-order valence-corrected chi connectivity index (χ3v) is 4.19. The van der Waals surface area contributed by atoms with Crippen molar-refractivity contribution in [3.05, 3.63) is 58.7 Å². The zero-order valence-electron chi connectivity index (χ0n) is 15.5. The second-order valence-corrected chi connectivity index (χ2v) is 5.84. The van der Waals surface area contributed by atoms with Gasteiger partial charge in [0.1, 0.15) is 17.4 Å². The number of hydrogen-bond acceptors (Lipinski definition) is 7. The molecule has 0 bridgehead atoms. The predicted octanol–water partition coefficient (Wildman–Crippen LogP) is 2.77. The van der Waals surface area contributed by atoms with Crippen LogP contribution in [0.1, 0.15) is 30.9 Å². The monoisotopic (exact) mass is 370 g/mol. The molecule has 1 aromatic rings. The lowest BCUT2D eigenvalue weighted by atomic mass is 9.82. The Morgan fingerprint density at radius 2 is 2.22 bits per heavy atom. The van der Waals surface area contributed by atoms with E-state index in [0.29, 0.717) is 17.5 Å². The Balaban J connectivity index is 2.74. The number of allylic oxidation sites excluding steroid dienone is 3. The third kappa shape index (κ3) is 3.75. The van der Waals surface area contributed by atoms with Crippen molar-refractivity contribution in [1.29, 1.82) is 5.26 Å². The van der Waals surface area contributed by atoms with Crippen LogP contribution in [0, 0.1) is 11.3 Å². The van der Waals surface area contributed by atoms with E-state index in [2.05, 4.69) is 6.58 Å². The summed E-state index contributed by atoms with van der Waals surface area (Å²) in [5, 5.41) is 19.9. The summed E-state index contributed by atoms with van der Waals surface area (Å²) >= 11 is 0. The van der Waals surface area contributed by atoms with Gasteiger partial charge in [-0.05, 0) is 31.9 Å². The standard InChI is InChI=1S/C20H22N2O5/c1-5-7-12-8-13(9-15(25-4)18(12)23)17-14(10-21)19(22)27-11(3)16(17)20(24)26-6-2/h5,8-9,17,23H,1,6-7,22H2,2-4H3. The van der Waals surface area contributed by atoms with Gasteiger partial charge in [0, 0.05) is 5.56 Å². The second-order valence-electron chi connectivity index (χ2n) is 5.84. The highest BCUT2D eigenvalue weighted by molar-refractivity contribution is 5.92. The molecule has 0 aliphatic carbocycles. The topological polar surface area (TPSA) is 115 Å². The molecule has 0 saturated heterocycles. The number of nitriles is 1. The largest absolute Gasteiger partial charge is 0.504 e. The summed E-state index contributed by atoms with van der Waals surface area (Å²) in [6, 6.07) is 5.27. The van der Waals surface area contributed by atoms with Crippen molar-refractivity contribution in [2.75, 3.05) is 13.7 Å².